The molecule has 3 heterocycles. The van der Waals surface area contributed by atoms with Crippen LogP contribution in [0.2, 0.25) is 0 Å². The average Bonchev–Trinajstić information content (AvgIpc) is 3.28. The van der Waals surface area contributed by atoms with Crippen molar-refractivity contribution in [1.29, 1.82) is 0 Å². The molecule has 2 aliphatic rings. The Bertz CT molecular complexity index is 1080. The lowest BCUT2D eigenvalue weighted by Gasteiger charge is -2.41. The molecule has 5 rings (SSSR count). The molecule has 3 aromatic rings. The van der Waals surface area contributed by atoms with E-state index in [-0.39, 0.29) is 11.7 Å². The summed E-state index contributed by atoms with van der Waals surface area (Å²) in [5.41, 5.74) is 2.31. The Morgan fingerprint density at radius 1 is 1.12 bits per heavy atom. The van der Waals surface area contributed by atoms with Gasteiger partial charge in [-0.3, -0.25) is 9.78 Å². The van der Waals surface area contributed by atoms with Crippen LogP contribution in [0.4, 0.5) is 4.39 Å². The van der Waals surface area contributed by atoms with Crippen LogP contribution in [0, 0.1) is 11.7 Å². The molecular formula is C27H33FN4O. The van der Waals surface area contributed by atoms with Gasteiger partial charge in [0.15, 0.2) is 0 Å². The first-order chi connectivity index (χ1) is 16.2. The van der Waals surface area contributed by atoms with Gasteiger partial charge in [0.2, 0.25) is 0 Å². The third-order valence-electron chi connectivity index (χ3n) is 7.32. The molecule has 1 aliphatic carbocycles. The van der Waals surface area contributed by atoms with Crippen LogP contribution in [0.5, 0.6) is 0 Å². The van der Waals surface area contributed by atoms with E-state index in [0.29, 0.717) is 24.2 Å². The SMILES string of the molecule is O=C(c1cc2cc(F)ccc2[nH]1)N(Cc1cccnc1)CC1CCCN(C2CCCCC2)C1. The Balaban J connectivity index is 1.35. The summed E-state index contributed by atoms with van der Waals surface area (Å²) in [6, 6.07) is 11.0. The average molecular weight is 449 g/mol. The summed E-state index contributed by atoms with van der Waals surface area (Å²) in [6.07, 6.45) is 12.6. The summed E-state index contributed by atoms with van der Waals surface area (Å²) in [6.45, 7) is 3.50. The van der Waals surface area contributed by atoms with Gasteiger partial charge in [-0.05, 0) is 74.0 Å². The number of hydrogen-bond donors (Lipinski definition) is 1. The first-order valence-corrected chi connectivity index (χ1v) is 12.4. The first kappa shape index (κ1) is 22.1. The van der Waals surface area contributed by atoms with E-state index in [2.05, 4.69) is 14.9 Å². The number of fused-ring (bicyclic) bond motifs is 1. The molecule has 1 aliphatic heterocycles. The minimum Gasteiger partial charge on any atom is -0.351 e. The number of aromatic amines is 1. The lowest BCUT2D eigenvalue weighted by atomic mass is 9.90. The molecule has 174 valence electrons. The maximum absolute atomic E-state index is 13.7. The van der Waals surface area contributed by atoms with Gasteiger partial charge >= 0.3 is 0 Å². The molecule has 1 atom stereocenters. The monoisotopic (exact) mass is 448 g/mol. The Morgan fingerprint density at radius 2 is 2.00 bits per heavy atom. The highest BCUT2D eigenvalue weighted by atomic mass is 19.1. The van der Waals surface area contributed by atoms with E-state index in [0.717, 1.165) is 36.0 Å². The van der Waals surface area contributed by atoms with E-state index in [4.69, 9.17) is 0 Å². The van der Waals surface area contributed by atoms with Gasteiger partial charge in [0.05, 0.1) is 0 Å². The summed E-state index contributed by atoms with van der Waals surface area (Å²) in [5, 5.41) is 0.723. The van der Waals surface area contributed by atoms with Crippen LogP contribution in [0.25, 0.3) is 10.9 Å². The highest BCUT2D eigenvalue weighted by Gasteiger charge is 2.29. The van der Waals surface area contributed by atoms with Crippen molar-refractivity contribution < 1.29 is 9.18 Å². The van der Waals surface area contributed by atoms with Crippen LogP contribution in [-0.4, -0.2) is 51.4 Å². The van der Waals surface area contributed by atoms with E-state index in [1.54, 1.807) is 18.3 Å². The van der Waals surface area contributed by atoms with Crippen molar-refractivity contribution >= 4 is 16.8 Å². The van der Waals surface area contributed by atoms with Gasteiger partial charge in [0, 0.05) is 49.0 Å². The molecule has 33 heavy (non-hydrogen) atoms. The first-order valence-electron chi connectivity index (χ1n) is 12.4. The molecule has 2 fully saturated rings. The predicted octanol–water partition coefficient (Wildman–Crippen LogP) is 5.39. The van der Waals surface area contributed by atoms with E-state index in [1.165, 1.54) is 57.2 Å². The maximum atomic E-state index is 13.7. The summed E-state index contributed by atoms with van der Waals surface area (Å²) >= 11 is 0. The van der Waals surface area contributed by atoms with Crippen LogP contribution in [0.1, 0.15) is 61.0 Å². The van der Waals surface area contributed by atoms with Crippen molar-refractivity contribution in [2.24, 2.45) is 5.92 Å². The van der Waals surface area contributed by atoms with Gasteiger partial charge in [0.25, 0.3) is 5.91 Å². The number of halogens is 1. The second-order valence-electron chi connectivity index (χ2n) is 9.76. The Morgan fingerprint density at radius 3 is 2.82 bits per heavy atom. The fraction of sp³-hybridized carbons (Fsp3) is 0.481. The molecule has 1 saturated heterocycles. The standard InChI is InChI=1S/C27H33FN4O/c28-23-10-11-25-22(14-23)15-26(30-25)27(33)32(17-20-6-4-12-29-16-20)19-21-7-5-13-31(18-21)24-8-2-1-3-9-24/h4,6,10-12,14-16,21,24,30H,1-3,5,7-9,13,17-19H2. The number of benzene rings is 1. The van der Waals surface area contributed by atoms with Gasteiger partial charge < -0.3 is 14.8 Å². The number of nitrogens with zero attached hydrogens (tertiary/aromatic N) is 3. The van der Waals surface area contributed by atoms with Crippen LogP contribution < -0.4 is 0 Å². The summed E-state index contributed by atoms with van der Waals surface area (Å²) in [5.74, 6) is 0.131. The third kappa shape index (κ3) is 5.27. The summed E-state index contributed by atoms with van der Waals surface area (Å²) in [7, 11) is 0. The fourth-order valence-corrected chi connectivity index (χ4v) is 5.66. The highest BCUT2D eigenvalue weighted by molar-refractivity contribution is 5.98. The number of piperidine rings is 1. The van der Waals surface area contributed by atoms with Gasteiger partial charge in [0.1, 0.15) is 11.5 Å². The number of pyridine rings is 1. The largest absolute Gasteiger partial charge is 0.351 e. The predicted molar refractivity (Wildman–Crippen MR) is 128 cm³/mol. The smallest absolute Gasteiger partial charge is 0.270 e. The molecule has 0 bridgehead atoms. The summed E-state index contributed by atoms with van der Waals surface area (Å²) in [4.78, 5) is 25.7. The lowest BCUT2D eigenvalue weighted by molar-refractivity contribution is 0.0580. The van der Waals surface area contributed by atoms with Crippen molar-refractivity contribution in [3.05, 3.63) is 65.9 Å². The van der Waals surface area contributed by atoms with Crippen LogP contribution in [-0.2, 0) is 6.54 Å². The number of carbonyl (C=O) groups excluding carboxylic acids is 1. The number of hydrogen-bond acceptors (Lipinski definition) is 3. The third-order valence-corrected chi connectivity index (χ3v) is 7.32. The number of nitrogens with one attached hydrogen (secondary N) is 1. The quantitative estimate of drug-likeness (QED) is 0.550. The second kappa shape index (κ2) is 10.0. The zero-order chi connectivity index (χ0) is 22.6. The summed E-state index contributed by atoms with van der Waals surface area (Å²) < 4.78 is 13.7. The molecule has 1 unspecified atom stereocenters. The second-order valence-corrected chi connectivity index (χ2v) is 9.76. The van der Waals surface area contributed by atoms with E-state index >= 15 is 0 Å². The molecule has 1 aromatic carbocycles. The van der Waals surface area contributed by atoms with E-state index in [9.17, 15) is 9.18 Å². The minimum absolute atomic E-state index is 0.0368. The normalized spacial score (nSPS) is 20.2. The molecular weight excluding hydrogens is 415 g/mol. The Labute approximate surface area is 195 Å². The van der Waals surface area contributed by atoms with Crippen molar-refractivity contribution in [2.45, 2.75) is 57.5 Å². The minimum atomic E-state index is -0.294. The van der Waals surface area contributed by atoms with Crippen LogP contribution in [0.15, 0.2) is 48.8 Å². The van der Waals surface area contributed by atoms with Gasteiger partial charge in [-0.15, -0.1) is 0 Å². The molecule has 6 heteroatoms. The van der Waals surface area contributed by atoms with Gasteiger partial charge in [-0.1, -0.05) is 25.3 Å². The number of carbonyl (C=O) groups is 1. The van der Waals surface area contributed by atoms with Crippen LogP contribution in [0.3, 0.4) is 0 Å². The topological polar surface area (TPSA) is 52.2 Å². The molecule has 5 nitrogen and oxygen atoms in total. The Kier molecular flexibility index (Phi) is 6.72. The number of H-pyrrole nitrogens is 1. The van der Waals surface area contributed by atoms with Gasteiger partial charge in [-0.25, -0.2) is 4.39 Å². The molecule has 1 saturated carbocycles. The highest BCUT2D eigenvalue weighted by Crippen LogP contribution is 2.28. The number of aromatic nitrogens is 2. The van der Waals surface area contributed by atoms with Crippen molar-refractivity contribution in [2.75, 3.05) is 19.6 Å². The zero-order valence-corrected chi connectivity index (χ0v) is 19.2. The molecule has 1 N–H and O–H groups in total. The number of rotatable bonds is 6. The van der Waals surface area contributed by atoms with Crippen molar-refractivity contribution in [3.63, 3.8) is 0 Å². The van der Waals surface area contributed by atoms with E-state index < -0.39 is 0 Å². The molecule has 0 spiro atoms. The maximum Gasteiger partial charge on any atom is 0.270 e. The lowest BCUT2D eigenvalue weighted by Crippen LogP contribution is -2.47. The molecule has 0 radical (unpaired) electrons. The number of amides is 1. The fourth-order valence-electron chi connectivity index (χ4n) is 5.66. The zero-order valence-electron chi connectivity index (χ0n) is 19.2. The van der Waals surface area contributed by atoms with Crippen molar-refractivity contribution in [1.82, 2.24) is 19.8 Å². The Hall–Kier alpha value is -2.73. The van der Waals surface area contributed by atoms with E-state index in [1.807, 2.05) is 23.2 Å². The van der Waals surface area contributed by atoms with Crippen molar-refractivity contribution in [3.8, 4) is 0 Å². The van der Waals surface area contributed by atoms with Gasteiger partial charge in [-0.2, -0.15) is 0 Å². The van der Waals surface area contributed by atoms with Crippen LogP contribution >= 0.6 is 0 Å². The molecule has 2 aromatic heterocycles. The molecule has 1 amide bonds. The number of likely N-dealkylation sites (tertiary alicyclic amines) is 1.